The highest BCUT2D eigenvalue weighted by molar-refractivity contribution is 9.10. The van der Waals surface area contributed by atoms with Crippen molar-refractivity contribution in [3.05, 3.63) is 63.9 Å². The van der Waals surface area contributed by atoms with Crippen molar-refractivity contribution in [1.29, 1.82) is 0 Å². The maximum Gasteiger partial charge on any atom is 0.123 e. The van der Waals surface area contributed by atoms with Crippen LogP contribution in [-0.2, 0) is 18.0 Å². The molecule has 2 aromatic rings. The van der Waals surface area contributed by atoms with Crippen LogP contribution in [0.25, 0.3) is 0 Å². The van der Waals surface area contributed by atoms with Crippen LogP contribution >= 0.6 is 15.9 Å². The summed E-state index contributed by atoms with van der Waals surface area (Å²) in [6.45, 7) is 0.781. The number of hydrogen-bond acceptors (Lipinski definition) is 2. The summed E-state index contributed by atoms with van der Waals surface area (Å²) < 4.78 is 19.6. The van der Waals surface area contributed by atoms with Crippen LogP contribution in [0.5, 0.6) is 0 Å². The fourth-order valence-electron chi connectivity index (χ4n) is 1.56. The minimum atomic E-state index is -0.300. The molecule has 0 heterocycles. The van der Waals surface area contributed by atoms with E-state index in [4.69, 9.17) is 10.5 Å². The average molecular weight is 310 g/mol. The molecule has 18 heavy (non-hydrogen) atoms. The van der Waals surface area contributed by atoms with Crippen molar-refractivity contribution in [3.8, 4) is 0 Å². The lowest BCUT2D eigenvalue weighted by Gasteiger charge is -2.07. The molecule has 0 fully saturated rings. The predicted octanol–water partition coefficient (Wildman–Crippen LogP) is 3.89. The van der Waals surface area contributed by atoms with Crippen LogP contribution in [-0.4, -0.2) is 0 Å². The van der Waals surface area contributed by atoms with Crippen molar-refractivity contribution in [2.24, 2.45) is 0 Å². The SMILES string of the molecule is Nc1ccc(F)cc1COCc1ccc(Br)cc1. The van der Waals surface area contributed by atoms with Gasteiger partial charge >= 0.3 is 0 Å². The van der Waals surface area contributed by atoms with Crippen molar-refractivity contribution in [3.63, 3.8) is 0 Å². The normalized spacial score (nSPS) is 10.6. The molecule has 2 rings (SSSR count). The van der Waals surface area contributed by atoms with Crippen molar-refractivity contribution in [1.82, 2.24) is 0 Å². The Morgan fingerprint density at radius 1 is 1.06 bits per heavy atom. The first-order valence-corrected chi connectivity index (χ1v) is 6.30. The first-order chi connectivity index (χ1) is 8.65. The third-order valence-electron chi connectivity index (χ3n) is 2.54. The number of anilines is 1. The molecule has 2 aromatic carbocycles. The summed E-state index contributed by atoms with van der Waals surface area (Å²) in [5.74, 6) is -0.300. The van der Waals surface area contributed by atoms with E-state index in [2.05, 4.69) is 15.9 Å². The lowest BCUT2D eigenvalue weighted by atomic mass is 10.2. The lowest BCUT2D eigenvalue weighted by molar-refractivity contribution is 0.107. The largest absolute Gasteiger partial charge is 0.398 e. The predicted molar refractivity (Wildman–Crippen MR) is 73.4 cm³/mol. The average Bonchev–Trinajstić information content (AvgIpc) is 2.36. The quantitative estimate of drug-likeness (QED) is 0.870. The van der Waals surface area contributed by atoms with E-state index < -0.39 is 0 Å². The number of rotatable bonds is 4. The number of benzene rings is 2. The second-order valence-corrected chi connectivity index (χ2v) is 4.88. The molecule has 0 atom stereocenters. The summed E-state index contributed by atoms with van der Waals surface area (Å²) in [4.78, 5) is 0. The van der Waals surface area contributed by atoms with E-state index >= 15 is 0 Å². The second kappa shape index (κ2) is 5.98. The smallest absolute Gasteiger partial charge is 0.123 e. The highest BCUT2D eigenvalue weighted by Crippen LogP contribution is 2.16. The van der Waals surface area contributed by atoms with Gasteiger partial charge in [0.05, 0.1) is 13.2 Å². The molecule has 0 aliphatic rings. The highest BCUT2D eigenvalue weighted by Gasteiger charge is 2.02. The van der Waals surface area contributed by atoms with E-state index in [1.165, 1.54) is 12.1 Å². The number of hydrogen-bond donors (Lipinski definition) is 1. The summed E-state index contributed by atoms with van der Waals surface area (Å²) in [7, 11) is 0. The van der Waals surface area contributed by atoms with Gasteiger partial charge in [0.2, 0.25) is 0 Å². The zero-order valence-corrected chi connectivity index (χ0v) is 11.3. The van der Waals surface area contributed by atoms with Gasteiger partial charge in [-0.1, -0.05) is 28.1 Å². The van der Waals surface area contributed by atoms with Crippen LogP contribution < -0.4 is 5.73 Å². The van der Waals surface area contributed by atoms with Gasteiger partial charge in [0.1, 0.15) is 5.82 Å². The summed E-state index contributed by atoms with van der Waals surface area (Å²) in [6, 6.07) is 12.1. The minimum Gasteiger partial charge on any atom is -0.398 e. The molecule has 0 bridgehead atoms. The Labute approximate surface area is 114 Å². The van der Waals surface area contributed by atoms with E-state index in [1.807, 2.05) is 24.3 Å². The molecule has 0 aliphatic heterocycles. The topological polar surface area (TPSA) is 35.2 Å². The van der Waals surface area contributed by atoms with Crippen LogP contribution in [0.4, 0.5) is 10.1 Å². The first-order valence-electron chi connectivity index (χ1n) is 5.51. The molecule has 0 unspecified atom stereocenters. The van der Waals surface area contributed by atoms with E-state index in [0.717, 1.165) is 10.0 Å². The third kappa shape index (κ3) is 3.55. The van der Waals surface area contributed by atoms with Gasteiger partial charge in [0.15, 0.2) is 0 Å². The zero-order chi connectivity index (χ0) is 13.0. The number of nitrogen functional groups attached to an aromatic ring is 1. The number of ether oxygens (including phenoxy) is 1. The summed E-state index contributed by atoms with van der Waals surface area (Å²) in [5.41, 5.74) is 8.02. The Kier molecular flexibility index (Phi) is 4.33. The van der Waals surface area contributed by atoms with Gasteiger partial charge in [-0.15, -0.1) is 0 Å². The molecule has 2 nitrogen and oxygen atoms in total. The molecule has 0 aliphatic carbocycles. The molecule has 0 spiro atoms. The Bertz CT molecular complexity index is 528. The summed E-state index contributed by atoms with van der Waals surface area (Å²) >= 11 is 3.37. The lowest BCUT2D eigenvalue weighted by Crippen LogP contribution is -1.99. The van der Waals surface area contributed by atoms with E-state index in [0.29, 0.717) is 24.5 Å². The van der Waals surface area contributed by atoms with Gasteiger partial charge in [-0.2, -0.15) is 0 Å². The van der Waals surface area contributed by atoms with E-state index in [-0.39, 0.29) is 5.82 Å². The minimum absolute atomic E-state index is 0.300. The molecule has 4 heteroatoms. The Balaban J connectivity index is 1.92. The van der Waals surface area contributed by atoms with Crippen LogP contribution in [0.1, 0.15) is 11.1 Å². The van der Waals surface area contributed by atoms with Crippen molar-refractivity contribution in [2.45, 2.75) is 13.2 Å². The molecule has 0 saturated carbocycles. The van der Waals surface area contributed by atoms with Crippen LogP contribution in [0.3, 0.4) is 0 Å². The number of nitrogens with two attached hydrogens (primary N) is 1. The van der Waals surface area contributed by atoms with E-state index in [9.17, 15) is 4.39 Å². The van der Waals surface area contributed by atoms with Gasteiger partial charge in [-0.3, -0.25) is 0 Å². The molecule has 2 N–H and O–H groups in total. The summed E-state index contributed by atoms with van der Waals surface area (Å²) in [5, 5.41) is 0. The second-order valence-electron chi connectivity index (χ2n) is 3.96. The standard InChI is InChI=1S/C14H13BrFNO/c15-12-3-1-10(2-4-12)8-18-9-11-7-13(16)5-6-14(11)17/h1-7H,8-9,17H2. The maximum absolute atomic E-state index is 13.0. The van der Waals surface area contributed by atoms with Crippen molar-refractivity contribution >= 4 is 21.6 Å². The Hall–Kier alpha value is -1.39. The molecule has 0 amide bonds. The van der Waals surface area contributed by atoms with Crippen molar-refractivity contribution < 1.29 is 9.13 Å². The fourth-order valence-corrected chi connectivity index (χ4v) is 1.82. The third-order valence-corrected chi connectivity index (χ3v) is 3.07. The fraction of sp³-hybridized carbons (Fsp3) is 0.143. The maximum atomic E-state index is 13.0. The van der Waals surface area contributed by atoms with Gasteiger partial charge in [0.25, 0.3) is 0 Å². The Morgan fingerprint density at radius 2 is 1.78 bits per heavy atom. The van der Waals surface area contributed by atoms with Gasteiger partial charge in [-0.05, 0) is 35.9 Å². The monoisotopic (exact) mass is 309 g/mol. The molecular formula is C14H13BrFNO. The first kappa shape index (κ1) is 13.1. The molecule has 94 valence electrons. The zero-order valence-electron chi connectivity index (χ0n) is 9.70. The van der Waals surface area contributed by atoms with Crippen LogP contribution in [0, 0.1) is 5.82 Å². The van der Waals surface area contributed by atoms with Crippen LogP contribution in [0.2, 0.25) is 0 Å². The number of halogens is 2. The molecular weight excluding hydrogens is 297 g/mol. The molecule has 0 radical (unpaired) electrons. The van der Waals surface area contributed by atoms with Crippen LogP contribution in [0.15, 0.2) is 46.9 Å². The molecule has 0 aromatic heterocycles. The highest BCUT2D eigenvalue weighted by atomic mass is 79.9. The Morgan fingerprint density at radius 3 is 2.50 bits per heavy atom. The van der Waals surface area contributed by atoms with Gasteiger partial charge < -0.3 is 10.5 Å². The summed E-state index contributed by atoms with van der Waals surface area (Å²) in [6.07, 6.45) is 0. The van der Waals surface area contributed by atoms with Crippen molar-refractivity contribution in [2.75, 3.05) is 5.73 Å². The van der Waals surface area contributed by atoms with Gasteiger partial charge in [0, 0.05) is 15.7 Å². The van der Waals surface area contributed by atoms with Gasteiger partial charge in [-0.25, -0.2) is 4.39 Å². The molecule has 0 saturated heterocycles. The van der Waals surface area contributed by atoms with E-state index in [1.54, 1.807) is 6.07 Å².